The fourth-order valence-electron chi connectivity index (χ4n) is 2.57. The van der Waals surface area contributed by atoms with Crippen molar-refractivity contribution in [3.05, 3.63) is 59.2 Å². The summed E-state index contributed by atoms with van der Waals surface area (Å²) in [6.45, 7) is 1.47. The molecule has 1 aliphatic heterocycles. The van der Waals surface area contributed by atoms with Gasteiger partial charge in [0.25, 0.3) is 11.8 Å². The van der Waals surface area contributed by atoms with Crippen molar-refractivity contribution < 1.29 is 14.4 Å². The van der Waals surface area contributed by atoms with Crippen molar-refractivity contribution in [1.29, 1.82) is 0 Å². The van der Waals surface area contributed by atoms with Crippen LogP contribution in [0.25, 0.3) is 0 Å². The van der Waals surface area contributed by atoms with Gasteiger partial charge in [-0.15, -0.1) is 0 Å². The number of carbonyl (C=O) groups excluding carboxylic acids is 3. The Morgan fingerprint density at radius 3 is 2.22 bits per heavy atom. The topological polar surface area (TPSA) is 92.5 Å². The minimum Gasteiger partial charge on any atom is -0.397 e. The molecule has 3 rings (SSSR count). The molecule has 0 aromatic heterocycles. The molecular weight excluding hydrogens is 294 g/mol. The van der Waals surface area contributed by atoms with Gasteiger partial charge in [-0.05, 0) is 30.7 Å². The van der Waals surface area contributed by atoms with Crippen LogP contribution >= 0.6 is 0 Å². The number of hydrogen-bond acceptors (Lipinski definition) is 4. The van der Waals surface area contributed by atoms with Gasteiger partial charge in [0.2, 0.25) is 5.91 Å². The second-order valence-electron chi connectivity index (χ2n) is 5.33. The van der Waals surface area contributed by atoms with Crippen molar-refractivity contribution in [3.63, 3.8) is 0 Å². The third-order valence-electron chi connectivity index (χ3n) is 3.75. The number of para-hydroxylation sites is 1. The number of nitrogens with one attached hydrogen (secondary N) is 1. The summed E-state index contributed by atoms with van der Waals surface area (Å²) < 4.78 is 0. The average molecular weight is 309 g/mol. The van der Waals surface area contributed by atoms with E-state index in [0.29, 0.717) is 22.5 Å². The summed E-state index contributed by atoms with van der Waals surface area (Å²) in [4.78, 5) is 37.6. The quantitative estimate of drug-likeness (QED) is 0.668. The Bertz CT molecular complexity index is 774. The molecule has 0 spiro atoms. The second kappa shape index (κ2) is 5.57. The van der Waals surface area contributed by atoms with E-state index in [0.717, 1.165) is 10.5 Å². The van der Waals surface area contributed by atoms with Crippen molar-refractivity contribution in [1.82, 2.24) is 4.90 Å². The fraction of sp³-hybridized carbons (Fsp3) is 0.118. The molecule has 6 heteroatoms. The third-order valence-corrected chi connectivity index (χ3v) is 3.75. The number of imide groups is 1. The molecule has 3 amide bonds. The lowest BCUT2D eigenvalue weighted by Crippen LogP contribution is -2.37. The maximum atomic E-state index is 12.2. The Morgan fingerprint density at radius 2 is 1.65 bits per heavy atom. The molecule has 23 heavy (non-hydrogen) atoms. The molecule has 0 radical (unpaired) electrons. The Labute approximate surface area is 132 Å². The van der Waals surface area contributed by atoms with Crippen LogP contribution in [0.4, 0.5) is 11.4 Å². The highest BCUT2D eigenvalue weighted by molar-refractivity contribution is 6.22. The number of hydrogen-bond donors (Lipinski definition) is 2. The molecule has 116 valence electrons. The number of fused-ring (bicyclic) bond motifs is 1. The van der Waals surface area contributed by atoms with E-state index in [9.17, 15) is 14.4 Å². The van der Waals surface area contributed by atoms with Gasteiger partial charge in [-0.25, -0.2) is 0 Å². The second-order valence-corrected chi connectivity index (χ2v) is 5.33. The summed E-state index contributed by atoms with van der Waals surface area (Å²) in [6, 6.07) is 11.8. The van der Waals surface area contributed by atoms with Crippen LogP contribution in [0.2, 0.25) is 0 Å². The van der Waals surface area contributed by atoms with E-state index in [-0.39, 0.29) is 6.54 Å². The number of aryl methyl sites for hydroxylation is 1. The monoisotopic (exact) mass is 309 g/mol. The number of nitrogen functional groups attached to an aromatic ring is 1. The molecule has 1 heterocycles. The molecule has 0 fully saturated rings. The normalized spacial score (nSPS) is 13.2. The minimum atomic E-state index is -0.472. The van der Waals surface area contributed by atoms with Crippen LogP contribution < -0.4 is 11.1 Å². The molecule has 0 aliphatic carbocycles. The van der Waals surface area contributed by atoms with Crippen LogP contribution in [0.1, 0.15) is 26.3 Å². The lowest BCUT2D eigenvalue weighted by Gasteiger charge is -2.15. The van der Waals surface area contributed by atoms with Crippen LogP contribution in [0.5, 0.6) is 0 Å². The first-order chi connectivity index (χ1) is 11.0. The minimum absolute atomic E-state index is 0.320. The SMILES string of the molecule is Cc1cccc(N)c1NC(=O)CN1C(=O)c2ccccc2C1=O. The van der Waals surface area contributed by atoms with E-state index in [2.05, 4.69) is 5.32 Å². The highest BCUT2D eigenvalue weighted by Gasteiger charge is 2.36. The summed E-state index contributed by atoms with van der Waals surface area (Å²) in [6.07, 6.45) is 0. The highest BCUT2D eigenvalue weighted by Crippen LogP contribution is 2.24. The zero-order chi connectivity index (χ0) is 16.6. The average Bonchev–Trinajstić information content (AvgIpc) is 2.77. The van der Waals surface area contributed by atoms with Gasteiger partial charge < -0.3 is 11.1 Å². The predicted octanol–water partition coefficient (Wildman–Crippen LogP) is 1.81. The van der Waals surface area contributed by atoms with Gasteiger partial charge >= 0.3 is 0 Å². The molecule has 3 N–H and O–H groups in total. The first kappa shape index (κ1) is 14.8. The molecule has 1 aliphatic rings. The van der Waals surface area contributed by atoms with Crippen molar-refractivity contribution >= 4 is 29.1 Å². The maximum Gasteiger partial charge on any atom is 0.262 e. The molecule has 0 bridgehead atoms. The lowest BCUT2D eigenvalue weighted by atomic mass is 10.1. The molecule has 0 unspecified atom stereocenters. The van der Waals surface area contributed by atoms with Gasteiger partial charge in [0, 0.05) is 0 Å². The molecule has 0 saturated heterocycles. The first-order valence-electron chi connectivity index (χ1n) is 7.09. The van der Waals surface area contributed by atoms with Crippen LogP contribution in [0, 0.1) is 6.92 Å². The maximum absolute atomic E-state index is 12.2. The van der Waals surface area contributed by atoms with Crippen molar-refractivity contribution in [2.24, 2.45) is 0 Å². The fourth-order valence-corrected chi connectivity index (χ4v) is 2.57. The van der Waals surface area contributed by atoms with E-state index in [1.807, 2.05) is 13.0 Å². The Hall–Kier alpha value is -3.15. The van der Waals surface area contributed by atoms with Crippen molar-refractivity contribution in [2.45, 2.75) is 6.92 Å². The summed E-state index contributed by atoms with van der Waals surface area (Å²) >= 11 is 0. The van der Waals surface area contributed by atoms with Crippen molar-refractivity contribution in [2.75, 3.05) is 17.6 Å². The van der Waals surface area contributed by atoms with Crippen LogP contribution in [0.3, 0.4) is 0 Å². The molecule has 0 atom stereocenters. The summed E-state index contributed by atoms with van der Waals surface area (Å²) in [7, 11) is 0. The molecule has 0 saturated carbocycles. The first-order valence-corrected chi connectivity index (χ1v) is 7.09. The lowest BCUT2D eigenvalue weighted by molar-refractivity contribution is -0.116. The van der Waals surface area contributed by atoms with E-state index >= 15 is 0 Å². The van der Waals surface area contributed by atoms with Crippen LogP contribution in [-0.4, -0.2) is 29.2 Å². The number of rotatable bonds is 3. The van der Waals surface area contributed by atoms with Crippen LogP contribution in [0.15, 0.2) is 42.5 Å². The van der Waals surface area contributed by atoms with E-state index in [4.69, 9.17) is 5.73 Å². The summed E-state index contributed by atoms with van der Waals surface area (Å²) in [5.74, 6) is -1.39. The smallest absolute Gasteiger partial charge is 0.262 e. The van der Waals surface area contributed by atoms with Crippen LogP contribution in [-0.2, 0) is 4.79 Å². The van der Waals surface area contributed by atoms with Gasteiger partial charge in [-0.3, -0.25) is 19.3 Å². The molecule has 2 aromatic rings. The number of anilines is 2. The summed E-state index contributed by atoms with van der Waals surface area (Å²) in [5, 5.41) is 2.66. The zero-order valence-electron chi connectivity index (χ0n) is 12.5. The Balaban J connectivity index is 1.77. The molecule has 6 nitrogen and oxygen atoms in total. The van der Waals surface area contributed by atoms with Gasteiger partial charge in [0.1, 0.15) is 6.54 Å². The summed E-state index contributed by atoms with van der Waals surface area (Å²) in [5.41, 5.74) is 8.21. The number of nitrogens with two attached hydrogens (primary N) is 1. The highest BCUT2D eigenvalue weighted by atomic mass is 16.2. The standard InChI is InChI=1S/C17H15N3O3/c1-10-5-4-8-13(18)15(10)19-14(21)9-20-16(22)11-6-2-3-7-12(11)17(20)23/h2-8H,9,18H2,1H3,(H,19,21). The van der Waals surface area contributed by atoms with Gasteiger partial charge in [0.05, 0.1) is 22.5 Å². The van der Waals surface area contributed by atoms with Gasteiger partial charge in [0.15, 0.2) is 0 Å². The molecular formula is C17H15N3O3. The van der Waals surface area contributed by atoms with Crippen molar-refractivity contribution in [3.8, 4) is 0 Å². The van der Waals surface area contributed by atoms with E-state index < -0.39 is 17.7 Å². The van der Waals surface area contributed by atoms with Gasteiger partial charge in [-0.2, -0.15) is 0 Å². The number of amides is 3. The van der Waals surface area contributed by atoms with E-state index in [1.54, 1.807) is 36.4 Å². The molecule has 2 aromatic carbocycles. The zero-order valence-corrected chi connectivity index (χ0v) is 12.5. The number of benzene rings is 2. The largest absolute Gasteiger partial charge is 0.397 e. The van der Waals surface area contributed by atoms with Gasteiger partial charge in [-0.1, -0.05) is 24.3 Å². The Morgan fingerprint density at radius 1 is 1.04 bits per heavy atom. The van der Waals surface area contributed by atoms with E-state index in [1.165, 1.54) is 0 Å². The number of carbonyl (C=O) groups is 3. The Kier molecular flexibility index (Phi) is 3.57. The third kappa shape index (κ3) is 2.55. The number of nitrogens with zero attached hydrogens (tertiary/aromatic N) is 1. The predicted molar refractivity (Wildman–Crippen MR) is 86.0 cm³/mol.